The Morgan fingerprint density at radius 1 is 1.18 bits per heavy atom. The number of hydrogen-bond acceptors (Lipinski definition) is 4. The second-order valence-electron chi connectivity index (χ2n) is 7.75. The molecule has 2 aliphatic carbocycles. The van der Waals surface area contributed by atoms with Gasteiger partial charge < -0.3 is 14.2 Å². The van der Waals surface area contributed by atoms with Gasteiger partial charge in [-0.05, 0) is 34.9 Å². The van der Waals surface area contributed by atoms with Crippen molar-refractivity contribution in [3.8, 4) is 5.75 Å². The van der Waals surface area contributed by atoms with Crippen molar-refractivity contribution >= 4 is 11.5 Å². The zero-order valence-corrected chi connectivity index (χ0v) is 15.9. The highest BCUT2D eigenvalue weighted by atomic mass is 19.1. The fraction of sp³-hybridized carbons (Fsp3) is 0.348. The highest BCUT2D eigenvalue weighted by molar-refractivity contribution is 5.92. The summed E-state index contributed by atoms with van der Waals surface area (Å²) < 4.78 is 30.8. The Labute approximate surface area is 162 Å². The number of para-hydroxylation sites is 1. The van der Waals surface area contributed by atoms with E-state index in [1.54, 1.807) is 13.2 Å². The summed E-state index contributed by atoms with van der Waals surface area (Å²) in [5.41, 5.74) is 2.88. The Kier molecular flexibility index (Phi) is 3.68. The zero-order valence-electron chi connectivity index (χ0n) is 15.9. The molecule has 5 rings (SSSR count). The summed E-state index contributed by atoms with van der Waals surface area (Å²) >= 11 is 0. The van der Waals surface area contributed by atoms with Gasteiger partial charge in [0.2, 0.25) is 0 Å². The van der Waals surface area contributed by atoms with Gasteiger partial charge in [0, 0.05) is 24.5 Å². The molecule has 0 saturated heterocycles. The van der Waals surface area contributed by atoms with Gasteiger partial charge in [-0.2, -0.15) is 0 Å². The Balaban J connectivity index is 1.64. The van der Waals surface area contributed by atoms with Gasteiger partial charge in [-0.25, -0.2) is 4.39 Å². The third kappa shape index (κ3) is 2.11. The molecule has 0 amide bonds. The predicted octanol–water partition coefficient (Wildman–Crippen LogP) is 4.26. The number of carbonyl (C=O) groups excluding carboxylic acids is 1. The van der Waals surface area contributed by atoms with E-state index < -0.39 is 5.41 Å². The Hall–Kier alpha value is -2.66. The Morgan fingerprint density at radius 3 is 2.71 bits per heavy atom. The first-order chi connectivity index (χ1) is 13.5. The number of fused-ring (bicyclic) bond motifs is 4. The van der Waals surface area contributed by atoms with E-state index >= 15 is 0 Å². The van der Waals surface area contributed by atoms with Crippen LogP contribution in [0.25, 0.3) is 5.57 Å². The minimum absolute atomic E-state index is 0.0140. The molecule has 0 bridgehead atoms. The number of halogens is 1. The van der Waals surface area contributed by atoms with Crippen molar-refractivity contribution in [3.63, 3.8) is 0 Å². The summed E-state index contributed by atoms with van der Waals surface area (Å²) in [6, 6.07) is 12.5. The van der Waals surface area contributed by atoms with Crippen molar-refractivity contribution in [2.24, 2.45) is 11.3 Å². The molecule has 0 N–H and O–H groups in total. The van der Waals surface area contributed by atoms with E-state index in [-0.39, 0.29) is 35.8 Å². The lowest BCUT2D eigenvalue weighted by Gasteiger charge is -2.19. The first-order valence-corrected chi connectivity index (χ1v) is 9.42. The SMILES string of the molecule is COC(=O)[C@@]1(C=C2c3ccc(F)cc3[C@@H](OC)[C@@H]2C)[C@@H]2c3ccccc3O[C@@H]21. The molecule has 28 heavy (non-hydrogen) atoms. The standard InChI is InChI=1S/C23H21FO4/c1-12-17(14-9-8-13(24)10-16(14)20(12)26-2)11-23(22(25)27-3)19-15-6-4-5-7-18(15)28-21(19)23/h4-12,19-21H,1-3H3/t12-,19-,20+,21+,23+/m1/s1. The number of esters is 1. The predicted molar refractivity (Wildman–Crippen MR) is 101 cm³/mol. The molecule has 1 saturated carbocycles. The number of carbonyl (C=O) groups is 1. The number of methoxy groups -OCH3 is 2. The monoisotopic (exact) mass is 380 g/mol. The lowest BCUT2D eigenvalue weighted by atomic mass is 9.90. The Bertz CT molecular complexity index is 1010. The van der Waals surface area contributed by atoms with E-state index in [2.05, 4.69) is 0 Å². The molecule has 3 aliphatic rings. The van der Waals surface area contributed by atoms with Crippen molar-refractivity contribution in [1.82, 2.24) is 0 Å². The molecule has 1 fully saturated rings. The molecule has 1 heterocycles. The molecule has 2 aromatic rings. The van der Waals surface area contributed by atoms with Crippen LogP contribution in [0.1, 0.15) is 35.6 Å². The Morgan fingerprint density at radius 2 is 1.96 bits per heavy atom. The van der Waals surface area contributed by atoms with E-state index in [9.17, 15) is 9.18 Å². The van der Waals surface area contributed by atoms with Crippen molar-refractivity contribution in [2.75, 3.05) is 14.2 Å². The van der Waals surface area contributed by atoms with Crippen molar-refractivity contribution in [2.45, 2.75) is 25.0 Å². The third-order valence-electron chi connectivity index (χ3n) is 6.45. The quantitative estimate of drug-likeness (QED) is 0.747. The normalized spacial score (nSPS) is 33.1. The average Bonchev–Trinajstić information content (AvgIpc) is 3.01. The molecule has 144 valence electrons. The summed E-state index contributed by atoms with van der Waals surface area (Å²) in [6.45, 7) is 2.04. The van der Waals surface area contributed by atoms with Crippen LogP contribution in [0.3, 0.4) is 0 Å². The highest BCUT2D eigenvalue weighted by Gasteiger charge is 2.75. The van der Waals surface area contributed by atoms with Crippen molar-refractivity contribution < 1.29 is 23.4 Å². The molecule has 0 aromatic heterocycles. The highest BCUT2D eigenvalue weighted by Crippen LogP contribution is 2.69. The van der Waals surface area contributed by atoms with Gasteiger partial charge in [0.1, 0.15) is 23.1 Å². The van der Waals surface area contributed by atoms with Crippen LogP contribution in [-0.4, -0.2) is 26.3 Å². The van der Waals surface area contributed by atoms with E-state index in [1.807, 2.05) is 37.3 Å². The fourth-order valence-corrected chi connectivity index (χ4v) is 5.10. The van der Waals surface area contributed by atoms with Gasteiger partial charge in [-0.15, -0.1) is 0 Å². The van der Waals surface area contributed by atoms with E-state index in [4.69, 9.17) is 14.2 Å². The van der Waals surface area contributed by atoms with E-state index in [1.165, 1.54) is 19.2 Å². The van der Waals surface area contributed by atoms with Crippen LogP contribution in [0.15, 0.2) is 48.5 Å². The van der Waals surface area contributed by atoms with Crippen LogP contribution in [0, 0.1) is 17.2 Å². The van der Waals surface area contributed by atoms with Crippen molar-refractivity contribution in [3.05, 3.63) is 71.0 Å². The van der Waals surface area contributed by atoms with Gasteiger partial charge in [0.25, 0.3) is 0 Å². The van der Waals surface area contributed by atoms with Gasteiger partial charge in [-0.1, -0.05) is 37.3 Å². The topological polar surface area (TPSA) is 44.8 Å². The zero-order chi connectivity index (χ0) is 19.6. The first kappa shape index (κ1) is 17.4. The number of benzene rings is 2. The summed E-state index contributed by atoms with van der Waals surface area (Å²) in [5.74, 6) is 0.145. The minimum atomic E-state index is -0.860. The molecule has 1 aliphatic heterocycles. The van der Waals surface area contributed by atoms with Crippen LogP contribution >= 0.6 is 0 Å². The molecule has 5 atom stereocenters. The summed E-state index contributed by atoms with van der Waals surface area (Å²) in [4.78, 5) is 12.9. The van der Waals surface area contributed by atoms with Gasteiger partial charge in [-0.3, -0.25) is 4.79 Å². The fourth-order valence-electron chi connectivity index (χ4n) is 5.10. The lowest BCUT2D eigenvalue weighted by molar-refractivity contribution is -0.146. The molecule has 0 radical (unpaired) electrons. The van der Waals surface area contributed by atoms with Gasteiger partial charge in [0.05, 0.1) is 13.2 Å². The maximum absolute atomic E-state index is 13.8. The van der Waals surface area contributed by atoms with Crippen molar-refractivity contribution in [1.29, 1.82) is 0 Å². The summed E-state index contributed by atoms with van der Waals surface area (Å²) in [7, 11) is 3.03. The van der Waals surface area contributed by atoms with Crippen LogP contribution < -0.4 is 4.74 Å². The van der Waals surface area contributed by atoms with Gasteiger partial charge in [0.15, 0.2) is 0 Å². The molecule has 0 spiro atoms. The smallest absolute Gasteiger partial charge is 0.320 e. The molecule has 2 aromatic carbocycles. The molecular formula is C23H21FO4. The maximum atomic E-state index is 13.8. The van der Waals surface area contributed by atoms with Crippen LogP contribution in [0.5, 0.6) is 5.75 Å². The second kappa shape index (κ2) is 5.92. The summed E-state index contributed by atoms with van der Waals surface area (Å²) in [6.07, 6.45) is 1.46. The van der Waals surface area contributed by atoms with Crippen LogP contribution in [0.4, 0.5) is 4.39 Å². The second-order valence-corrected chi connectivity index (χ2v) is 7.75. The molecule has 4 nitrogen and oxygen atoms in total. The summed E-state index contributed by atoms with van der Waals surface area (Å²) in [5, 5.41) is 0. The molecular weight excluding hydrogens is 359 g/mol. The third-order valence-corrected chi connectivity index (χ3v) is 6.45. The number of rotatable bonds is 3. The van der Waals surface area contributed by atoms with E-state index in [0.29, 0.717) is 0 Å². The molecule has 0 unspecified atom stereocenters. The molecule has 5 heteroatoms. The minimum Gasteiger partial charge on any atom is -0.488 e. The largest absolute Gasteiger partial charge is 0.488 e. The first-order valence-electron chi connectivity index (χ1n) is 9.42. The van der Waals surface area contributed by atoms with Crippen LogP contribution in [-0.2, 0) is 14.3 Å². The van der Waals surface area contributed by atoms with E-state index in [0.717, 1.165) is 28.0 Å². The van der Waals surface area contributed by atoms with Gasteiger partial charge >= 0.3 is 5.97 Å². The lowest BCUT2D eigenvalue weighted by Crippen LogP contribution is -2.24. The average molecular weight is 380 g/mol. The van der Waals surface area contributed by atoms with Crippen LogP contribution in [0.2, 0.25) is 0 Å². The number of hydrogen-bond donors (Lipinski definition) is 0. The maximum Gasteiger partial charge on any atom is 0.320 e. The number of ether oxygens (including phenoxy) is 3.